The number of carbonyl (C=O) groups excluding carboxylic acids is 2. The van der Waals surface area contributed by atoms with E-state index in [1.807, 2.05) is 6.92 Å². The first-order chi connectivity index (χ1) is 8.95. The van der Waals surface area contributed by atoms with Crippen LogP contribution in [0.4, 0.5) is 11.4 Å². The maximum Gasteiger partial charge on any atom is 0.299 e. The van der Waals surface area contributed by atoms with E-state index in [0.29, 0.717) is 18.8 Å². The van der Waals surface area contributed by atoms with Gasteiger partial charge in [0, 0.05) is 18.7 Å². The van der Waals surface area contributed by atoms with E-state index in [-0.39, 0.29) is 17.2 Å². The first kappa shape index (κ1) is 13.2. The van der Waals surface area contributed by atoms with Crippen molar-refractivity contribution in [2.45, 2.75) is 6.92 Å². The molecule has 0 fully saturated rings. The number of rotatable bonds is 4. The molecule has 0 saturated carbocycles. The highest BCUT2D eigenvalue weighted by Gasteiger charge is 2.37. The highest BCUT2D eigenvalue weighted by molar-refractivity contribution is 6.52. The first-order valence-electron chi connectivity index (χ1n) is 5.80. The summed E-state index contributed by atoms with van der Waals surface area (Å²) in [6.45, 7) is 2.58. The van der Waals surface area contributed by atoms with Crippen molar-refractivity contribution >= 4 is 23.1 Å². The van der Waals surface area contributed by atoms with Crippen LogP contribution in [0.2, 0.25) is 0 Å². The predicted octanol–water partition coefficient (Wildman–Crippen LogP) is 0.719. The molecule has 1 atom stereocenters. The molecule has 7 nitrogen and oxygen atoms in total. The van der Waals surface area contributed by atoms with Gasteiger partial charge in [0.05, 0.1) is 16.2 Å². The minimum Gasteiger partial charge on any atom is -0.330 e. The minimum atomic E-state index is -0.706. The number of nitro benzene ring substituents is 1. The number of anilines is 1. The molecule has 0 radical (unpaired) electrons. The van der Waals surface area contributed by atoms with Crippen LogP contribution in [0.15, 0.2) is 18.2 Å². The first-order valence-corrected chi connectivity index (χ1v) is 5.80. The Labute approximate surface area is 109 Å². The van der Waals surface area contributed by atoms with Gasteiger partial charge < -0.3 is 10.6 Å². The average Bonchev–Trinajstić information content (AvgIpc) is 2.63. The number of nitro groups is 1. The lowest BCUT2D eigenvalue weighted by atomic mass is 10.1. The van der Waals surface area contributed by atoms with E-state index < -0.39 is 16.6 Å². The Morgan fingerprint density at radius 1 is 1.42 bits per heavy atom. The van der Waals surface area contributed by atoms with Crippen molar-refractivity contribution in [2.24, 2.45) is 11.7 Å². The number of nitrogens with two attached hydrogens (primary N) is 1. The molecule has 0 bridgehead atoms. The summed E-state index contributed by atoms with van der Waals surface area (Å²) in [6.07, 6.45) is 0. The van der Waals surface area contributed by atoms with Gasteiger partial charge >= 0.3 is 0 Å². The Kier molecular flexibility index (Phi) is 3.30. The molecular weight excluding hydrogens is 250 g/mol. The summed E-state index contributed by atoms with van der Waals surface area (Å²) >= 11 is 0. The highest BCUT2D eigenvalue weighted by atomic mass is 16.6. The topological polar surface area (TPSA) is 107 Å². The Morgan fingerprint density at radius 2 is 2.11 bits per heavy atom. The minimum absolute atomic E-state index is 0.0397. The number of amides is 1. The van der Waals surface area contributed by atoms with E-state index in [1.165, 1.54) is 17.0 Å². The van der Waals surface area contributed by atoms with Crippen LogP contribution in [0.5, 0.6) is 0 Å². The maximum absolute atomic E-state index is 11.9. The van der Waals surface area contributed by atoms with Crippen molar-refractivity contribution in [3.05, 3.63) is 33.9 Å². The molecule has 1 aliphatic rings. The summed E-state index contributed by atoms with van der Waals surface area (Å²) in [5.74, 6) is -1.32. The molecule has 1 heterocycles. The van der Waals surface area contributed by atoms with Gasteiger partial charge in [-0.25, -0.2) is 0 Å². The zero-order valence-electron chi connectivity index (χ0n) is 10.3. The van der Waals surface area contributed by atoms with E-state index in [2.05, 4.69) is 0 Å². The Balaban J connectivity index is 2.41. The molecule has 2 rings (SSSR count). The summed E-state index contributed by atoms with van der Waals surface area (Å²) in [5.41, 5.74) is 5.81. The summed E-state index contributed by atoms with van der Waals surface area (Å²) in [7, 11) is 0. The molecule has 7 heteroatoms. The Morgan fingerprint density at radius 3 is 2.68 bits per heavy atom. The maximum atomic E-state index is 11.9. The quantitative estimate of drug-likeness (QED) is 0.489. The van der Waals surface area contributed by atoms with Crippen molar-refractivity contribution in [3.8, 4) is 0 Å². The second kappa shape index (κ2) is 4.77. The number of hydrogen-bond donors (Lipinski definition) is 1. The summed E-state index contributed by atoms with van der Waals surface area (Å²) in [4.78, 5) is 35.1. The van der Waals surface area contributed by atoms with Crippen molar-refractivity contribution in [1.82, 2.24) is 0 Å². The molecule has 0 saturated heterocycles. The molecule has 1 aromatic carbocycles. The third-order valence-corrected chi connectivity index (χ3v) is 3.06. The fourth-order valence-corrected chi connectivity index (χ4v) is 1.97. The molecule has 1 aliphatic heterocycles. The van der Waals surface area contributed by atoms with E-state index in [1.54, 1.807) is 0 Å². The van der Waals surface area contributed by atoms with Crippen LogP contribution in [0, 0.1) is 16.0 Å². The average molecular weight is 263 g/mol. The van der Waals surface area contributed by atoms with Gasteiger partial charge in [0.25, 0.3) is 17.4 Å². The van der Waals surface area contributed by atoms with Crippen LogP contribution in [-0.2, 0) is 4.79 Å². The van der Waals surface area contributed by atoms with Gasteiger partial charge in [0.15, 0.2) is 0 Å². The van der Waals surface area contributed by atoms with Gasteiger partial charge in [0.1, 0.15) is 0 Å². The van der Waals surface area contributed by atoms with E-state index in [9.17, 15) is 19.7 Å². The lowest BCUT2D eigenvalue weighted by molar-refractivity contribution is -0.384. The van der Waals surface area contributed by atoms with E-state index >= 15 is 0 Å². The van der Waals surface area contributed by atoms with Crippen LogP contribution in [0.1, 0.15) is 17.3 Å². The molecule has 0 aliphatic carbocycles. The number of carbonyl (C=O) groups is 2. The zero-order valence-corrected chi connectivity index (χ0v) is 10.3. The number of benzene rings is 1. The molecule has 1 amide bonds. The summed E-state index contributed by atoms with van der Waals surface area (Å²) in [6, 6.07) is 3.85. The van der Waals surface area contributed by atoms with Gasteiger partial charge in [0.2, 0.25) is 0 Å². The molecule has 19 heavy (non-hydrogen) atoms. The van der Waals surface area contributed by atoms with Gasteiger partial charge in [-0.3, -0.25) is 19.7 Å². The molecule has 1 aromatic rings. The van der Waals surface area contributed by atoms with Crippen molar-refractivity contribution in [1.29, 1.82) is 0 Å². The lowest BCUT2D eigenvalue weighted by Crippen LogP contribution is -2.35. The molecular formula is C12H13N3O4. The lowest BCUT2D eigenvalue weighted by Gasteiger charge is -2.19. The number of fused-ring (bicyclic) bond motifs is 1. The Bertz CT molecular complexity index is 570. The van der Waals surface area contributed by atoms with Crippen LogP contribution in [0.25, 0.3) is 0 Å². The predicted molar refractivity (Wildman–Crippen MR) is 68.0 cm³/mol. The van der Waals surface area contributed by atoms with Crippen LogP contribution in [-0.4, -0.2) is 29.7 Å². The SMILES string of the molecule is CC(CN)CN1C(=O)C(=O)c2cc([N+](=O)[O-])ccc21. The molecule has 0 spiro atoms. The smallest absolute Gasteiger partial charge is 0.299 e. The fourth-order valence-electron chi connectivity index (χ4n) is 1.97. The largest absolute Gasteiger partial charge is 0.330 e. The zero-order chi connectivity index (χ0) is 14.2. The van der Waals surface area contributed by atoms with Gasteiger partial charge in [-0.15, -0.1) is 0 Å². The second-order valence-electron chi connectivity index (χ2n) is 4.54. The Hall–Kier alpha value is -2.28. The number of nitrogens with zero attached hydrogens (tertiary/aromatic N) is 2. The molecule has 100 valence electrons. The highest BCUT2D eigenvalue weighted by Crippen LogP contribution is 2.32. The monoisotopic (exact) mass is 263 g/mol. The standard InChI is InChI=1S/C12H13N3O4/c1-7(5-13)6-14-10-3-2-8(15(18)19)4-9(10)11(16)12(14)17/h2-4,7H,5-6,13H2,1H3. The number of ketones is 1. The summed E-state index contributed by atoms with van der Waals surface area (Å²) < 4.78 is 0. The molecule has 0 aromatic heterocycles. The molecule has 1 unspecified atom stereocenters. The van der Waals surface area contributed by atoms with Crippen LogP contribution in [0.3, 0.4) is 0 Å². The normalized spacial score (nSPS) is 15.6. The van der Waals surface area contributed by atoms with Crippen LogP contribution >= 0.6 is 0 Å². The van der Waals surface area contributed by atoms with Crippen molar-refractivity contribution in [3.63, 3.8) is 0 Å². The number of Topliss-reactive ketones (excluding diaryl/α,β-unsaturated/α-hetero) is 1. The third kappa shape index (κ3) is 2.19. The molecule has 2 N–H and O–H groups in total. The fraction of sp³-hybridized carbons (Fsp3) is 0.333. The van der Waals surface area contributed by atoms with E-state index in [4.69, 9.17) is 5.73 Å². The number of hydrogen-bond acceptors (Lipinski definition) is 5. The van der Waals surface area contributed by atoms with Gasteiger partial charge in [-0.2, -0.15) is 0 Å². The van der Waals surface area contributed by atoms with Crippen molar-refractivity contribution < 1.29 is 14.5 Å². The second-order valence-corrected chi connectivity index (χ2v) is 4.54. The number of non-ortho nitro benzene ring substituents is 1. The van der Waals surface area contributed by atoms with Crippen molar-refractivity contribution in [2.75, 3.05) is 18.0 Å². The van der Waals surface area contributed by atoms with Gasteiger partial charge in [-0.1, -0.05) is 6.92 Å². The third-order valence-electron chi connectivity index (χ3n) is 3.06. The van der Waals surface area contributed by atoms with E-state index in [0.717, 1.165) is 6.07 Å². The van der Waals surface area contributed by atoms with Crippen LogP contribution < -0.4 is 10.6 Å². The van der Waals surface area contributed by atoms with Gasteiger partial charge in [-0.05, 0) is 18.5 Å². The summed E-state index contributed by atoms with van der Waals surface area (Å²) in [5, 5.41) is 10.7.